The van der Waals surface area contributed by atoms with E-state index in [-0.39, 0.29) is 17.8 Å². The van der Waals surface area contributed by atoms with Gasteiger partial charge in [-0.15, -0.1) is 0 Å². The largest absolute Gasteiger partial charge is 0.338 e. The molecule has 1 rings (SSSR count). The van der Waals surface area contributed by atoms with E-state index in [1.54, 1.807) is 6.92 Å². The van der Waals surface area contributed by atoms with Crippen molar-refractivity contribution >= 4 is 16.1 Å². The molecule has 1 aromatic rings. The van der Waals surface area contributed by atoms with Crippen molar-refractivity contribution in [2.75, 3.05) is 18.8 Å². The predicted molar refractivity (Wildman–Crippen MR) is 92.9 cm³/mol. The molecule has 0 unspecified atom stereocenters. The van der Waals surface area contributed by atoms with Gasteiger partial charge in [-0.05, 0) is 39.7 Å². The summed E-state index contributed by atoms with van der Waals surface area (Å²) < 4.78 is 24.9. The predicted octanol–water partition coefficient (Wildman–Crippen LogP) is 1.99. The Bertz CT molecular complexity index is 609. The number of carbonyl (C=O) groups excluding carboxylic acids is 1. The summed E-state index contributed by atoms with van der Waals surface area (Å²) in [4.78, 5) is 11.9. The average Bonchev–Trinajstić information content (AvgIpc) is 2.45. The lowest BCUT2D eigenvalue weighted by Crippen LogP contribution is -2.38. The standard InChI is InChI=1S/C16H27N3O3S/c1-5-23(21,22)18-8-6-7-17-16(20)19-14(4)15-10-12(2)9-13(3)11-15/h9-11,14,18H,5-8H2,1-4H3,(H2,17,19,20)/t14-/m1/s1. The molecule has 0 fully saturated rings. The van der Waals surface area contributed by atoms with Gasteiger partial charge in [0.15, 0.2) is 0 Å². The Hall–Kier alpha value is -1.60. The number of amides is 2. The van der Waals surface area contributed by atoms with Crippen molar-refractivity contribution in [3.05, 3.63) is 34.9 Å². The molecule has 1 aromatic carbocycles. The molecule has 1 atom stereocenters. The Morgan fingerprint density at radius 2 is 1.74 bits per heavy atom. The lowest BCUT2D eigenvalue weighted by atomic mass is 10.0. The van der Waals surface area contributed by atoms with Crippen molar-refractivity contribution in [2.45, 2.75) is 40.2 Å². The van der Waals surface area contributed by atoms with E-state index in [4.69, 9.17) is 0 Å². The van der Waals surface area contributed by atoms with Crippen LogP contribution in [0.4, 0.5) is 4.79 Å². The van der Waals surface area contributed by atoms with Crippen LogP contribution in [0.2, 0.25) is 0 Å². The lowest BCUT2D eigenvalue weighted by Gasteiger charge is -2.16. The van der Waals surface area contributed by atoms with Gasteiger partial charge in [-0.2, -0.15) is 0 Å². The van der Waals surface area contributed by atoms with Crippen molar-refractivity contribution < 1.29 is 13.2 Å². The molecule has 0 aliphatic rings. The SMILES string of the molecule is CCS(=O)(=O)NCCCNC(=O)N[C@H](C)c1cc(C)cc(C)c1. The van der Waals surface area contributed by atoms with E-state index in [1.165, 1.54) is 0 Å². The van der Waals surface area contributed by atoms with Crippen molar-refractivity contribution in [2.24, 2.45) is 0 Å². The first-order valence-electron chi connectivity index (χ1n) is 7.83. The summed E-state index contributed by atoms with van der Waals surface area (Å²) in [7, 11) is -3.16. The topological polar surface area (TPSA) is 87.3 Å². The maximum atomic E-state index is 11.9. The Balaban J connectivity index is 2.33. The van der Waals surface area contributed by atoms with E-state index in [2.05, 4.69) is 33.6 Å². The molecule has 0 aliphatic heterocycles. The van der Waals surface area contributed by atoms with Crippen LogP contribution in [0.1, 0.15) is 43.0 Å². The summed E-state index contributed by atoms with van der Waals surface area (Å²) in [5.74, 6) is 0.0638. The lowest BCUT2D eigenvalue weighted by molar-refractivity contribution is 0.238. The molecule has 0 bridgehead atoms. The number of urea groups is 1. The fourth-order valence-electron chi connectivity index (χ4n) is 2.21. The number of nitrogens with one attached hydrogen (secondary N) is 3. The van der Waals surface area contributed by atoms with Gasteiger partial charge in [0.1, 0.15) is 0 Å². The third kappa shape index (κ3) is 7.47. The van der Waals surface area contributed by atoms with E-state index < -0.39 is 10.0 Å². The minimum absolute atomic E-state index is 0.0638. The molecule has 0 spiro atoms. The van der Waals surface area contributed by atoms with Crippen LogP contribution in [-0.2, 0) is 10.0 Å². The molecule has 0 aromatic heterocycles. The molecule has 0 saturated heterocycles. The summed E-state index contributed by atoms with van der Waals surface area (Å²) >= 11 is 0. The molecule has 0 radical (unpaired) electrons. The van der Waals surface area contributed by atoms with Crippen molar-refractivity contribution in [3.63, 3.8) is 0 Å². The van der Waals surface area contributed by atoms with Crippen molar-refractivity contribution in [1.82, 2.24) is 15.4 Å². The Morgan fingerprint density at radius 1 is 1.13 bits per heavy atom. The highest BCUT2D eigenvalue weighted by Gasteiger charge is 2.10. The molecule has 2 amide bonds. The quantitative estimate of drug-likeness (QED) is 0.632. The third-order valence-electron chi connectivity index (χ3n) is 3.43. The highest BCUT2D eigenvalue weighted by atomic mass is 32.2. The number of sulfonamides is 1. The van der Waals surface area contributed by atoms with Gasteiger partial charge >= 0.3 is 6.03 Å². The average molecular weight is 341 g/mol. The number of hydrogen-bond acceptors (Lipinski definition) is 3. The molecule has 130 valence electrons. The minimum Gasteiger partial charge on any atom is -0.338 e. The van der Waals surface area contributed by atoms with Gasteiger partial charge in [0.25, 0.3) is 0 Å². The maximum absolute atomic E-state index is 11.9. The summed E-state index contributed by atoms with van der Waals surface area (Å²) in [5, 5.41) is 5.61. The van der Waals surface area contributed by atoms with E-state index in [0.29, 0.717) is 19.5 Å². The molecule has 3 N–H and O–H groups in total. The van der Waals surface area contributed by atoms with Crippen LogP contribution in [-0.4, -0.2) is 33.3 Å². The Labute approximate surface area is 139 Å². The normalized spacial score (nSPS) is 12.7. The fraction of sp³-hybridized carbons (Fsp3) is 0.562. The van der Waals surface area contributed by atoms with Crippen LogP contribution in [0.5, 0.6) is 0 Å². The zero-order valence-electron chi connectivity index (χ0n) is 14.3. The van der Waals surface area contributed by atoms with Crippen molar-refractivity contribution in [3.8, 4) is 0 Å². The number of rotatable bonds is 8. The molecule has 23 heavy (non-hydrogen) atoms. The first kappa shape index (κ1) is 19.4. The van der Waals surface area contributed by atoms with Gasteiger partial charge in [-0.25, -0.2) is 17.9 Å². The molecular weight excluding hydrogens is 314 g/mol. The summed E-state index contributed by atoms with van der Waals surface area (Å²) in [6, 6.07) is 5.85. The highest BCUT2D eigenvalue weighted by molar-refractivity contribution is 7.89. The fourth-order valence-corrected chi connectivity index (χ4v) is 2.87. The number of hydrogen-bond donors (Lipinski definition) is 3. The smallest absolute Gasteiger partial charge is 0.315 e. The van der Waals surface area contributed by atoms with Gasteiger partial charge in [0, 0.05) is 13.1 Å². The van der Waals surface area contributed by atoms with Crippen molar-refractivity contribution in [1.29, 1.82) is 0 Å². The van der Waals surface area contributed by atoms with Crippen LogP contribution in [0.25, 0.3) is 0 Å². The van der Waals surface area contributed by atoms with Gasteiger partial charge < -0.3 is 10.6 Å². The second kappa shape index (κ2) is 8.88. The number of carbonyl (C=O) groups is 1. The zero-order valence-corrected chi connectivity index (χ0v) is 15.1. The first-order chi connectivity index (χ1) is 10.7. The molecule has 0 heterocycles. The van der Waals surface area contributed by atoms with Crippen LogP contribution in [0, 0.1) is 13.8 Å². The summed E-state index contributed by atoms with van der Waals surface area (Å²) in [6.07, 6.45) is 0.546. The summed E-state index contributed by atoms with van der Waals surface area (Å²) in [6.45, 7) is 8.31. The van der Waals surface area contributed by atoms with Crippen LogP contribution in [0.15, 0.2) is 18.2 Å². The molecule has 0 saturated carbocycles. The molecule has 0 aliphatic carbocycles. The first-order valence-corrected chi connectivity index (χ1v) is 9.48. The highest BCUT2D eigenvalue weighted by Crippen LogP contribution is 2.16. The second-order valence-electron chi connectivity index (χ2n) is 5.69. The van der Waals surface area contributed by atoms with E-state index in [9.17, 15) is 13.2 Å². The van der Waals surface area contributed by atoms with Gasteiger partial charge in [-0.3, -0.25) is 0 Å². The van der Waals surface area contributed by atoms with Gasteiger partial charge in [0.2, 0.25) is 10.0 Å². The second-order valence-corrected chi connectivity index (χ2v) is 7.79. The van der Waals surface area contributed by atoms with Crippen LogP contribution >= 0.6 is 0 Å². The monoisotopic (exact) mass is 341 g/mol. The van der Waals surface area contributed by atoms with Gasteiger partial charge in [-0.1, -0.05) is 29.3 Å². The molecular formula is C16H27N3O3S. The molecule has 7 heteroatoms. The Kier molecular flexibility index (Phi) is 7.51. The third-order valence-corrected chi connectivity index (χ3v) is 4.84. The summed E-state index contributed by atoms with van der Waals surface area (Å²) in [5.41, 5.74) is 3.39. The Morgan fingerprint density at radius 3 is 2.30 bits per heavy atom. The van der Waals surface area contributed by atoms with E-state index in [0.717, 1.165) is 16.7 Å². The number of aryl methyl sites for hydroxylation is 2. The van der Waals surface area contributed by atoms with Crippen LogP contribution in [0.3, 0.4) is 0 Å². The zero-order chi connectivity index (χ0) is 17.5. The maximum Gasteiger partial charge on any atom is 0.315 e. The van der Waals surface area contributed by atoms with E-state index in [1.807, 2.05) is 20.8 Å². The van der Waals surface area contributed by atoms with Crippen LogP contribution < -0.4 is 15.4 Å². The van der Waals surface area contributed by atoms with Gasteiger partial charge in [0.05, 0.1) is 11.8 Å². The van der Waals surface area contributed by atoms with E-state index >= 15 is 0 Å². The number of benzene rings is 1. The minimum atomic E-state index is -3.16. The molecule has 6 nitrogen and oxygen atoms in total.